The van der Waals surface area contributed by atoms with Crippen molar-refractivity contribution in [3.8, 4) is 6.01 Å². The van der Waals surface area contributed by atoms with E-state index in [9.17, 15) is 5.11 Å². The molecule has 1 aliphatic heterocycles. The van der Waals surface area contributed by atoms with Gasteiger partial charge in [-0.3, -0.25) is 4.90 Å². The Morgan fingerprint density at radius 1 is 1.09 bits per heavy atom. The van der Waals surface area contributed by atoms with Crippen LogP contribution in [0.4, 0.5) is 5.82 Å². The van der Waals surface area contributed by atoms with E-state index in [4.69, 9.17) is 10.5 Å². The number of aromatic nitrogens is 3. The number of nitrogen functional groups attached to an aromatic ring is 1. The lowest BCUT2D eigenvalue weighted by Gasteiger charge is -2.17. The van der Waals surface area contributed by atoms with E-state index in [1.54, 1.807) is 0 Å². The van der Waals surface area contributed by atoms with Gasteiger partial charge in [0, 0.05) is 19.6 Å². The van der Waals surface area contributed by atoms with Crippen molar-refractivity contribution in [1.82, 2.24) is 19.4 Å². The standard InChI is InChI=1S/C24H32BrN5O2/c1-2-5-19(10-13-31)32-24-27-22(26)20-14-21(25)30(23(20)28-24)16-18-8-6-17(7-9-18)15-29-11-3-4-12-29/h6-9,14,19,31H,2-5,10-13,15-16H2,1H3,(H2,26,27,28)/t19-/m0/s1. The number of hydrogen-bond acceptors (Lipinski definition) is 6. The van der Waals surface area contributed by atoms with E-state index in [1.807, 2.05) is 6.07 Å². The van der Waals surface area contributed by atoms with Crippen LogP contribution in [0.1, 0.15) is 50.2 Å². The monoisotopic (exact) mass is 501 g/mol. The number of benzene rings is 1. The van der Waals surface area contributed by atoms with E-state index < -0.39 is 0 Å². The number of aliphatic hydroxyl groups excluding tert-OH is 1. The number of anilines is 1. The number of nitrogens with zero attached hydrogens (tertiary/aromatic N) is 4. The summed E-state index contributed by atoms with van der Waals surface area (Å²) in [6, 6.07) is 11.0. The van der Waals surface area contributed by atoms with Crippen LogP contribution in [0.3, 0.4) is 0 Å². The van der Waals surface area contributed by atoms with Crippen LogP contribution in [-0.2, 0) is 13.1 Å². The van der Waals surface area contributed by atoms with Gasteiger partial charge in [0.25, 0.3) is 0 Å². The molecule has 0 bridgehead atoms. The molecule has 4 rings (SSSR count). The zero-order valence-corrected chi connectivity index (χ0v) is 20.2. The van der Waals surface area contributed by atoms with Crippen LogP contribution in [0, 0.1) is 0 Å². The highest BCUT2D eigenvalue weighted by Crippen LogP contribution is 2.29. The first-order chi connectivity index (χ1) is 15.6. The van der Waals surface area contributed by atoms with Crippen LogP contribution in [0.15, 0.2) is 34.9 Å². The molecule has 0 unspecified atom stereocenters. The molecule has 0 aliphatic carbocycles. The molecule has 1 fully saturated rings. The average molecular weight is 502 g/mol. The first-order valence-electron chi connectivity index (χ1n) is 11.5. The van der Waals surface area contributed by atoms with Crippen LogP contribution < -0.4 is 10.5 Å². The van der Waals surface area contributed by atoms with Gasteiger partial charge >= 0.3 is 6.01 Å². The number of ether oxygens (including phenoxy) is 1. The fourth-order valence-corrected chi connectivity index (χ4v) is 4.83. The van der Waals surface area contributed by atoms with Gasteiger partial charge in [-0.05, 0) is 65.5 Å². The Morgan fingerprint density at radius 2 is 1.78 bits per heavy atom. The fraction of sp³-hybridized carbons (Fsp3) is 0.500. The zero-order chi connectivity index (χ0) is 22.5. The highest BCUT2D eigenvalue weighted by molar-refractivity contribution is 9.10. The summed E-state index contributed by atoms with van der Waals surface area (Å²) in [6.07, 6.45) is 4.82. The lowest BCUT2D eigenvalue weighted by Crippen LogP contribution is -2.19. The van der Waals surface area contributed by atoms with Crippen molar-refractivity contribution in [3.05, 3.63) is 46.1 Å². The third kappa shape index (κ3) is 5.42. The van der Waals surface area contributed by atoms with Crippen molar-refractivity contribution in [2.45, 2.75) is 58.2 Å². The molecule has 1 saturated heterocycles. The number of likely N-dealkylation sites (tertiary alicyclic amines) is 1. The van der Waals surface area contributed by atoms with Crippen LogP contribution >= 0.6 is 15.9 Å². The van der Waals surface area contributed by atoms with Gasteiger partial charge in [0.05, 0.1) is 16.5 Å². The molecular formula is C24H32BrN5O2. The molecule has 8 heteroatoms. The molecule has 0 radical (unpaired) electrons. The summed E-state index contributed by atoms with van der Waals surface area (Å²) in [4.78, 5) is 11.5. The van der Waals surface area contributed by atoms with E-state index in [2.05, 4.69) is 66.6 Å². The van der Waals surface area contributed by atoms with Gasteiger partial charge < -0.3 is 20.1 Å². The third-order valence-corrected chi connectivity index (χ3v) is 6.67. The summed E-state index contributed by atoms with van der Waals surface area (Å²) in [6.45, 7) is 6.25. The Labute approximate surface area is 197 Å². The molecule has 0 saturated carbocycles. The maximum atomic E-state index is 9.32. The Morgan fingerprint density at radius 3 is 2.44 bits per heavy atom. The van der Waals surface area contributed by atoms with E-state index in [0.29, 0.717) is 18.8 Å². The lowest BCUT2D eigenvalue weighted by atomic mass is 10.1. The minimum Gasteiger partial charge on any atom is -0.460 e. The van der Waals surface area contributed by atoms with Crippen molar-refractivity contribution >= 4 is 32.8 Å². The van der Waals surface area contributed by atoms with Gasteiger partial charge in [0.1, 0.15) is 11.9 Å². The van der Waals surface area contributed by atoms with Crippen LogP contribution in [0.25, 0.3) is 11.0 Å². The highest BCUT2D eigenvalue weighted by atomic mass is 79.9. The van der Waals surface area contributed by atoms with Gasteiger partial charge in [0.2, 0.25) is 0 Å². The number of hydrogen-bond donors (Lipinski definition) is 2. The number of aliphatic hydroxyl groups is 1. The van der Waals surface area contributed by atoms with Crippen LogP contribution in [0.2, 0.25) is 0 Å². The first-order valence-corrected chi connectivity index (χ1v) is 12.3. The minimum absolute atomic E-state index is 0.0675. The van der Waals surface area contributed by atoms with Crippen molar-refractivity contribution in [1.29, 1.82) is 0 Å². The number of fused-ring (bicyclic) bond motifs is 1. The quantitative estimate of drug-likeness (QED) is 0.429. The lowest BCUT2D eigenvalue weighted by molar-refractivity contribution is 0.135. The minimum atomic E-state index is -0.128. The molecule has 7 nitrogen and oxygen atoms in total. The summed E-state index contributed by atoms with van der Waals surface area (Å²) in [5.74, 6) is 0.393. The smallest absolute Gasteiger partial charge is 0.320 e. The summed E-state index contributed by atoms with van der Waals surface area (Å²) in [5.41, 5.74) is 9.51. The van der Waals surface area contributed by atoms with Crippen molar-refractivity contribution in [2.24, 2.45) is 0 Å². The van der Waals surface area contributed by atoms with Gasteiger partial charge in [0.15, 0.2) is 5.65 Å². The fourth-order valence-electron chi connectivity index (χ4n) is 4.31. The summed E-state index contributed by atoms with van der Waals surface area (Å²) in [5, 5.41) is 10.1. The molecule has 2 aromatic heterocycles. The predicted molar refractivity (Wildman–Crippen MR) is 131 cm³/mol. The van der Waals surface area contributed by atoms with Crippen molar-refractivity contribution in [2.75, 3.05) is 25.4 Å². The molecule has 172 valence electrons. The van der Waals surface area contributed by atoms with E-state index in [0.717, 1.165) is 35.0 Å². The van der Waals surface area contributed by atoms with Gasteiger partial charge in [-0.2, -0.15) is 9.97 Å². The second-order valence-electron chi connectivity index (χ2n) is 8.52. The molecule has 1 aromatic carbocycles. The first kappa shape index (κ1) is 23.0. The Hall–Kier alpha value is -2.16. The van der Waals surface area contributed by atoms with E-state index in [-0.39, 0.29) is 18.7 Å². The number of rotatable bonds is 10. The van der Waals surface area contributed by atoms with Gasteiger partial charge in [-0.1, -0.05) is 37.6 Å². The molecule has 3 aromatic rings. The Balaban J connectivity index is 1.55. The maximum Gasteiger partial charge on any atom is 0.320 e. The van der Waals surface area contributed by atoms with Crippen molar-refractivity contribution < 1.29 is 9.84 Å². The Kier molecular flexibility index (Phi) is 7.65. The average Bonchev–Trinajstić information content (AvgIpc) is 3.39. The van der Waals surface area contributed by atoms with E-state index in [1.165, 1.54) is 37.1 Å². The Bertz CT molecular complexity index is 1030. The second kappa shape index (κ2) is 10.6. The summed E-state index contributed by atoms with van der Waals surface area (Å²) < 4.78 is 8.96. The zero-order valence-electron chi connectivity index (χ0n) is 18.6. The molecule has 3 heterocycles. The van der Waals surface area contributed by atoms with Crippen molar-refractivity contribution in [3.63, 3.8) is 0 Å². The van der Waals surface area contributed by atoms with E-state index >= 15 is 0 Å². The normalized spacial score (nSPS) is 15.5. The van der Waals surface area contributed by atoms with Gasteiger partial charge in [-0.25, -0.2) is 0 Å². The number of nitrogens with two attached hydrogens (primary N) is 1. The SMILES string of the molecule is CCC[C@@H](CCO)Oc1nc(N)c2cc(Br)n(Cc3ccc(CN4CCCC4)cc3)c2n1. The molecule has 1 aliphatic rings. The molecule has 1 atom stereocenters. The summed E-state index contributed by atoms with van der Waals surface area (Å²) in [7, 11) is 0. The summed E-state index contributed by atoms with van der Waals surface area (Å²) >= 11 is 3.66. The molecular weight excluding hydrogens is 470 g/mol. The number of halogens is 1. The molecule has 0 spiro atoms. The van der Waals surface area contributed by atoms with Crippen LogP contribution in [-0.4, -0.2) is 50.3 Å². The molecule has 32 heavy (non-hydrogen) atoms. The predicted octanol–water partition coefficient (Wildman–Crippen LogP) is 4.35. The second-order valence-corrected chi connectivity index (χ2v) is 9.33. The topological polar surface area (TPSA) is 89.4 Å². The highest BCUT2D eigenvalue weighted by Gasteiger charge is 2.18. The van der Waals surface area contributed by atoms with Crippen LogP contribution in [0.5, 0.6) is 6.01 Å². The largest absolute Gasteiger partial charge is 0.460 e. The third-order valence-electron chi connectivity index (χ3n) is 6.01. The molecule has 3 N–H and O–H groups in total. The molecule has 0 amide bonds. The maximum absolute atomic E-state index is 9.32. The van der Waals surface area contributed by atoms with Gasteiger partial charge in [-0.15, -0.1) is 0 Å².